The minimum Gasteiger partial charge on any atom is -0.353 e. The van der Waals surface area contributed by atoms with Gasteiger partial charge in [-0.05, 0) is 58.7 Å². The molecule has 2 unspecified atom stereocenters. The van der Waals surface area contributed by atoms with Crippen LogP contribution < -0.4 is 0 Å². The van der Waals surface area contributed by atoms with Crippen LogP contribution in [0.1, 0.15) is 90.9 Å². The summed E-state index contributed by atoms with van der Waals surface area (Å²) in [6, 6.07) is 0. The van der Waals surface area contributed by atoms with Gasteiger partial charge in [-0.25, -0.2) is 0 Å². The molecule has 25 heavy (non-hydrogen) atoms. The molecular weight excluding hydrogens is 314 g/mol. The highest BCUT2D eigenvalue weighted by Crippen LogP contribution is 2.36. The van der Waals surface area contributed by atoms with E-state index in [2.05, 4.69) is 18.7 Å². The van der Waals surface area contributed by atoms with Crippen LogP contribution in [0.4, 0.5) is 0 Å². The predicted molar refractivity (Wildman–Crippen MR) is 103 cm³/mol. The van der Waals surface area contributed by atoms with Crippen molar-refractivity contribution < 1.29 is 14.2 Å². The van der Waals surface area contributed by atoms with Crippen LogP contribution in [-0.2, 0) is 14.2 Å². The Morgan fingerprint density at radius 1 is 1.00 bits per heavy atom. The van der Waals surface area contributed by atoms with E-state index in [-0.39, 0.29) is 12.1 Å². The van der Waals surface area contributed by atoms with Crippen LogP contribution in [-0.4, -0.2) is 49.8 Å². The molecule has 2 rings (SSSR count). The third-order valence-electron chi connectivity index (χ3n) is 5.55. The molecule has 0 N–H and O–H groups in total. The van der Waals surface area contributed by atoms with Gasteiger partial charge in [0, 0.05) is 32.5 Å². The molecule has 2 aliphatic rings. The summed E-state index contributed by atoms with van der Waals surface area (Å²) in [5.41, 5.74) is 0. The van der Waals surface area contributed by atoms with Gasteiger partial charge >= 0.3 is 0 Å². The maximum atomic E-state index is 6.21. The van der Waals surface area contributed by atoms with E-state index in [0.717, 1.165) is 38.9 Å². The lowest BCUT2D eigenvalue weighted by atomic mass is 10.0. The van der Waals surface area contributed by atoms with E-state index < -0.39 is 0 Å². The zero-order valence-electron chi connectivity index (χ0n) is 16.8. The molecular formula is C21H41NO3. The topological polar surface area (TPSA) is 30.9 Å². The Kier molecular flexibility index (Phi) is 10.4. The molecule has 0 aliphatic carbocycles. The first-order valence-electron chi connectivity index (χ1n) is 10.9. The van der Waals surface area contributed by atoms with Crippen molar-refractivity contribution in [2.75, 3.05) is 32.8 Å². The van der Waals surface area contributed by atoms with Crippen molar-refractivity contribution in [2.45, 2.75) is 103 Å². The number of rotatable bonds is 13. The van der Waals surface area contributed by atoms with Crippen molar-refractivity contribution in [3.8, 4) is 0 Å². The molecule has 0 aromatic rings. The summed E-state index contributed by atoms with van der Waals surface area (Å²) in [7, 11) is 0. The molecule has 0 amide bonds. The quantitative estimate of drug-likeness (QED) is 0.430. The van der Waals surface area contributed by atoms with Crippen LogP contribution >= 0.6 is 0 Å². The van der Waals surface area contributed by atoms with E-state index in [9.17, 15) is 0 Å². The van der Waals surface area contributed by atoms with Crippen molar-refractivity contribution in [1.82, 2.24) is 4.90 Å². The Hall–Kier alpha value is -0.160. The fourth-order valence-electron chi connectivity index (χ4n) is 4.09. The first kappa shape index (κ1) is 21.1. The minimum absolute atomic E-state index is 0.0623. The zero-order chi connectivity index (χ0) is 17.8. The minimum atomic E-state index is -0.374. The number of piperidine rings is 1. The predicted octanol–water partition coefficient (Wildman–Crippen LogP) is 5.11. The molecule has 2 atom stereocenters. The monoisotopic (exact) mass is 355 g/mol. The molecule has 2 fully saturated rings. The Balaban J connectivity index is 1.57. The van der Waals surface area contributed by atoms with E-state index in [1.807, 2.05) is 0 Å². The van der Waals surface area contributed by atoms with Crippen molar-refractivity contribution in [2.24, 2.45) is 0 Å². The highest BCUT2D eigenvalue weighted by molar-refractivity contribution is 4.78. The molecule has 4 nitrogen and oxygen atoms in total. The Bertz CT molecular complexity index is 333. The van der Waals surface area contributed by atoms with Gasteiger partial charge in [0.2, 0.25) is 0 Å². The average molecular weight is 356 g/mol. The first-order chi connectivity index (χ1) is 12.3. The fourth-order valence-corrected chi connectivity index (χ4v) is 4.09. The second-order valence-corrected chi connectivity index (χ2v) is 7.72. The van der Waals surface area contributed by atoms with Crippen LogP contribution in [0.5, 0.6) is 0 Å². The Morgan fingerprint density at radius 2 is 1.84 bits per heavy atom. The van der Waals surface area contributed by atoms with Gasteiger partial charge < -0.3 is 19.1 Å². The standard InChI is InChI=1S/C21H41NO3/c1-3-5-6-8-14-21(24-4-2)15-13-20(25-21)23-19-12-11-18-22-16-9-7-10-17-22/h20H,3-19H2,1-2H3. The van der Waals surface area contributed by atoms with Crippen LogP contribution in [0.2, 0.25) is 0 Å². The van der Waals surface area contributed by atoms with Gasteiger partial charge in [-0.15, -0.1) is 0 Å². The van der Waals surface area contributed by atoms with Crippen molar-refractivity contribution >= 4 is 0 Å². The van der Waals surface area contributed by atoms with Crippen molar-refractivity contribution in [1.29, 1.82) is 0 Å². The third kappa shape index (κ3) is 7.94. The Labute approximate surface area is 155 Å². The zero-order valence-corrected chi connectivity index (χ0v) is 16.8. The maximum absolute atomic E-state index is 6.21. The summed E-state index contributed by atoms with van der Waals surface area (Å²) < 4.78 is 18.2. The number of unbranched alkanes of at least 4 members (excludes halogenated alkanes) is 4. The number of hydrogen-bond donors (Lipinski definition) is 0. The van der Waals surface area contributed by atoms with Gasteiger partial charge in [-0.2, -0.15) is 0 Å². The smallest absolute Gasteiger partial charge is 0.171 e. The van der Waals surface area contributed by atoms with Crippen LogP contribution in [0.15, 0.2) is 0 Å². The summed E-state index contributed by atoms with van der Waals surface area (Å²) in [6.45, 7) is 9.66. The van der Waals surface area contributed by atoms with Gasteiger partial charge in [-0.3, -0.25) is 0 Å². The lowest BCUT2D eigenvalue weighted by Crippen LogP contribution is -2.33. The molecule has 2 saturated heterocycles. The molecule has 2 aliphatic heterocycles. The Morgan fingerprint density at radius 3 is 2.60 bits per heavy atom. The van der Waals surface area contributed by atoms with Gasteiger partial charge in [0.05, 0.1) is 0 Å². The molecule has 0 radical (unpaired) electrons. The number of likely N-dealkylation sites (tertiary alicyclic amines) is 1. The van der Waals surface area contributed by atoms with E-state index in [4.69, 9.17) is 14.2 Å². The average Bonchev–Trinajstić information content (AvgIpc) is 3.03. The highest BCUT2D eigenvalue weighted by atomic mass is 16.8. The summed E-state index contributed by atoms with van der Waals surface area (Å²) in [5, 5.41) is 0. The van der Waals surface area contributed by atoms with Gasteiger partial charge in [0.15, 0.2) is 12.1 Å². The van der Waals surface area contributed by atoms with Crippen LogP contribution in [0, 0.1) is 0 Å². The molecule has 0 bridgehead atoms. The largest absolute Gasteiger partial charge is 0.353 e. The van der Waals surface area contributed by atoms with E-state index in [1.165, 1.54) is 71.0 Å². The van der Waals surface area contributed by atoms with E-state index in [1.54, 1.807) is 0 Å². The molecule has 0 saturated carbocycles. The van der Waals surface area contributed by atoms with Gasteiger partial charge in [0.25, 0.3) is 0 Å². The summed E-state index contributed by atoms with van der Waals surface area (Å²) in [4.78, 5) is 2.60. The maximum Gasteiger partial charge on any atom is 0.171 e. The molecule has 0 aromatic heterocycles. The van der Waals surface area contributed by atoms with E-state index in [0.29, 0.717) is 0 Å². The highest BCUT2D eigenvalue weighted by Gasteiger charge is 2.40. The first-order valence-corrected chi connectivity index (χ1v) is 10.9. The third-order valence-corrected chi connectivity index (χ3v) is 5.55. The lowest BCUT2D eigenvalue weighted by Gasteiger charge is -2.29. The molecule has 2 heterocycles. The van der Waals surface area contributed by atoms with Crippen LogP contribution in [0.25, 0.3) is 0 Å². The second-order valence-electron chi connectivity index (χ2n) is 7.72. The molecule has 148 valence electrons. The number of nitrogens with zero attached hydrogens (tertiary/aromatic N) is 1. The van der Waals surface area contributed by atoms with Gasteiger partial charge in [-0.1, -0.05) is 32.6 Å². The fraction of sp³-hybridized carbons (Fsp3) is 1.00. The SMILES string of the molecule is CCCCCCC1(OCC)CCC(OCCCCN2CCCCC2)O1. The summed E-state index contributed by atoms with van der Waals surface area (Å²) in [5.74, 6) is -0.374. The molecule has 0 aromatic carbocycles. The van der Waals surface area contributed by atoms with Gasteiger partial charge in [0.1, 0.15) is 0 Å². The van der Waals surface area contributed by atoms with Crippen LogP contribution in [0.3, 0.4) is 0 Å². The lowest BCUT2D eigenvalue weighted by molar-refractivity contribution is -0.273. The second kappa shape index (κ2) is 12.3. The normalized spacial score (nSPS) is 27.8. The summed E-state index contributed by atoms with van der Waals surface area (Å²) >= 11 is 0. The summed E-state index contributed by atoms with van der Waals surface area (Å²) in [6.07, 6.45) is 14.5. The van der Waals surface area contributed by atoms with Crippen molar-refractivity contribution in [3.63, 3.8) is 0 Å². The molecule has 4 heteroatoms. The van der Waals surface area contributed by atoms with E-state index >= 15 is 0 Å². The number of ether oxygens (including phenoxy) is 3. The number of hydrogen-bond acceptors (Lipinski definition) is 4. The van der Waals surface area contributed by atoms with Crippen molar-refractivity contribution in [3.05, 3.63) is 0 Å². The molecule has 0 spiro atoms.